The minimum absolute atomic E-state index is 0.108. The second-order valence-corrected chi connectivity index (χ2v) is 6.77. The molecule has 1 rings (SSSR count). The van der Waals surface area contributed by atoms with Crippen LogP contribution in [0.1, 0.15) is 40.0 Å². The summed E-state index contributed by atoms with van der Waals surface area (Å²) in [5.41, 5.74) is 0. The van der Waals surface area contributed by atoms with E-state index in [-0.39, 0.29) is 6.10 Å². The molecule has 1 saturated carbocycles. The van der Waals surface area contributed by atoms with Crippen LogP contribution in [0.3, 0.4) is 0 Å². The highest BCUT2D eigenvalue weighted by Gasteiger charge is 2.33. The third-order valence-electron chi connectivity index (χ3n) is 3.26. The number of rotatable bonds is 3. The zero-order chi connectivity index (χ0) is 11.6. The molecule has 0 radical (unpaired) electrons. The number of hydrogen-bond acceptors (Lipinski definition) is 3. The van der Waals surface area contributed by atoms with Crippen molar-refractivity contribution >= 4 is 10.1 Å². The maximum absolute atomic E-state index is 11.2. The Kier molecular flexibility index (Phi) is 4.18. The van der Waals surface area contributed by atoms with E-state index in [1.165, 1.54) is 6.42 Å². The van der Waals surface area contributed by atoms with E-state index >= 15 is 0 Å². The molecule has 0 aliphatic heterocycles. The van der Waals surface area contributed by atoms with Crippen LogP contribution in [0.2, 0.25) is 0 Å². The Morgan fingerprint density at radius 3 is 2.33 bits per heavy atom. The zero-order valence-corrected chi connectivity index (χ0v) is 10.9. The van der Waals surface area contributed by atoms with Crippen molar-refractivity contribution in [1.82, 2.24) is 0 Å². The lowest BCUT2D eigenvalue weighted by Crippen LogP contribution is -2.35. The second kappa shape index (κ2) is 4.83. The minimum atomic E-state index is -3.31. The lowest BCUT2D eigenvalue weighted by molar-refractivity contribution is 0.0519. The Labute approximate surface area is 93.3 Å². The van der Waals surface area contributed by atoms with E-state index in [1.807, 2.05) is 0 Å². The van der Waals surface area contributed by atoms with Gasteiger partial charge in [-0.05, 0) is 30.6 Å². The van der Waals surface area contributed by atoms with E-state index in [2.05, 4.69) is 20.8 Å². The van der Waals surface area contributed by atoms with Crippen LogP contribution in [0.5, 0.6) is 0 Å². The molecular formula is C11H22O3S. The molecule has 0 spiro atoms. The molecule has 0 aromatic carbocycles. The smallest absolute Gasteiger partial charge is 0.264 e. The summed E-state index contributed by atoms with van der Waals surface area (Å²) in [6, 6.07) is 0. The summed E-state index contributed by atoms with van der Waals surface area (Å²) >= 11 is 0. The molecule has 0 saturated heterocycles. The predicted molar refractivity (Wildman–Crippen MR) is 61.1 cm³/mol. The molecule has 0 heterocycles. The van der Waals surface area contributed by atoms with Crippen molar-refractivity contribution in [1.29, 1.82) is 0 Å². The average Bonchev–Trinajstić information content (AvgIpc) is 1.99. The first kappa shape index (κ1) is 13.0. The molecule has 90 valence electrons. The van der Waals surface area contributed by atoms with Gasteiger partial charge in [0.1, 0.15) is 0 Å². The van der Waals surface area contributed by atoms with Crippen LogP contribution in [0.4, 0.5) is 0 Å². The van der Waals surface area contributed by atoms with Gasteiger partial charge in [-0.1, -0.05) is 27.2 Å². The van der Waals surface area contributed by atoms with Gasteiger partial charge in [-0.2, -0.15) is 8.42 Å². The van der Waals surface area contributed by atoms with Crippen molar-refractivity contribution < 1.29 is 12.6 Å². The van der Waals surface area contributed by atoms with E-state index in [1.54, 1.807) is 0 Å². The van der Waals surface area contributed by atoms with Gasteiger partial charge in [0, 0.05) is 0 Å². The maximum atomic E-state index is 11.2. The summed E-state index contributed by atoms with van der Waals surface area (Å²) in [5.74, 6) is 1.45. The van der Waals surface area contributed by atoms with Crippen LogP contribution in [0, 0.1) is 17.8 Å². The minimum Gasteiger partial charge on any atom is -0.267 e. The van der Waals surface area contributed by atoms with E-state index in [0.29, 0.717) is 17.8 Å². The van der Waals surface area contributed by atoms with Crippen molar-refractivity contribution in [3.63, 3.8) is 0 Å². The highest BCUT2D eigenvalue weighted by molar-refractivity contribution is 7.86. The fraction of sp³-hybridized carbons (Fsp3) is 1.00. The first-order valence-electron chi connectivity index (χ1n) is 5.68. The molecular weight excluding hydrogens is 212 g/mol. The zero-order valence-electron chi connectivity index (χ0n) is 10.1. The molecule has 3 nitrogen and oxygen atoms in total. The molecule has 0 unspecified atom stereocenters. The summed E-state index contributed by atoms with van der Waals surface area (Å²) in [7, 11) is -3.31. The van der Waals surface area contributed by atoms with Crippen molar-refractivity contribution in [3.05, 3.63) is 0 Å². The first-order chi connectivity index (χ1) is 6.79. The molecule has 4 heteroatoms. The Morgan fingerprint density at radius 1 is 1.27 bits per heavy atom. The quantitative estimate of drug-likeness (QED) is 0.704. The largest absolute Gasteiger partial charge is 0.267 e. The fourth-order valence-corrected chi connectivity index (χ4v) is 3.12. The van der Waals surface area contributed by atoms with Gasteiger partial charge in [0.25, 0.3) is 10.1 Å². The fourth-order valence-electron chi connectivity index (χ4n) is 2.45. The molecule has 0 amide bonds. The lowest BCUT2D eigenvalue weighted by atomic mass is 9.75. The predicted octanol–water partition coefficient (Wildman–Crippen LogP) is 2.42. The molecule has 0 aromatic rings. The van der Waals surface area contributed by atoms with E-state index in [9.17, 15) is 8.42 Å². The van der Waals surface area contributed by atoms with Crippen molar-refractivity contribution in [3.8, 4) is 0 Å². The molecule has 1 aliphatic rings. The van der Waals surface area contributed by atoms with Crippen molar-refractivity contribution in [2.24, 2.45) is 17.8 Å². The monoisotopic (exact) mass is 234 g/mol. The van der Waals surface area contributed by atoms with E-state index < -0.39 is 10.1 Å². The summed E-state index contributed by atoms with van der Waals surface area (Å²) < 4.78 is 27.5. The second-order valence-electron chi connectivity index (χ2n) is 5.16. The maximum Gasteiger partial charge on any atom is 0.264 e. The van der Waals surface area contributed by atoms with Gasteiger partial charge in [-0.3, -0.25) is 4.18 Å². The van der Waals surface area contributed by atoms with Gasteiger partial charge in [-0.25, -0.2) is 0 Å². The summed E-state index contributed by atoms with van der Waals surface area (Å²) in [5, 5.41) is 0. The van der Waals surface area contributed by atoms with Crippen LogP contribution >= 0.6 is 0 Å². The van der Waals surface area contributed by atoms with Gasteiger partial charge in [-0.15, -0.1) is 0 Å². The molecule has 0 aromatic heterocycles. The van der Waals surface area contributed by atoms with Crippen LogP contribution < -0.4 is 0 Å². The van der Waals surface area contributed by atoms with Crippen molar-refractivity contribution in [2.45, 2.75) is 46.1 Å². The van der Waals surface area contributed by atoms with Crippen LogP contribution in [-0.4, -0.2) is 20.8 Å². The van der Waals surface area contributed by atoms with E-state index in [0.717, 1.165) is 19.1 Å². The Balaban J connectivity index is 2.70. The molecule has 0 bridgehead atoms. The van der Waals surface area contributed by atoms with Gasteiger partial charge in [0.05, 0.1) is 12.4 Å². The topological polar surface area (TPSA) is 43.4 Å². The molecule has 0 N–H and O–H groups in total. The van der Waals surface area contributed by atoms with Gasteiger partial charge in [0.2, 0.25) is 0 Å². The summed E-state index contributed by atoms with van der Waals surface area (Å²) in [4.78, 5) is 0. The van der Waals surface area contributed by atoms with Crippen LogP contribution in [0.25, 0.3) is 0 Å². The Hall–Kier alpha value is -0.0900. The molecule has 1 aliphatic carbocycles. The standard InChI is InChI=1S/C11H22O3S/c1-8(2)10-6-5-9(3)7-11(10)14-15(4,12)13/h8-11H,5-7H2,1-4H3/t9-,10+,11+/m1/s1. The molecule has 1 fully saturated rings. The van der Waals surface area contributed by atoms with Gasteiger partial charge in [0.15, 0.2) is 0 Å². The van der Waals surface area contributed by atoms with Gasteiger partial charge >= 0.3 is 0 Å². The van der Waals surface area contributed by atoms with Crippen LogP contribution in [-0.2, 0) is 14.3 Å². The lowest BCUT2D eigenvalue weighted by Gasteiger charge is -2.36. The van der Waals surface area contributed by atoms with E-state index in [4.69, 9.17) is 4.18 Å². The SMILES string of the molecule is CC(C)[C@@H]1CC[C@@H](C)C[C@@H]1OS(C)(=O)=O. The Bertz CT molecular complexity index is 295. The highest BCUT2D eigenvalue weighted by atomic mass is 32.2. The normalized spacial score (nSPS) is 33.3. The molecule has 15 heavy (non-hydrogen) atoms. The Morgan fingerprint density at radius 2 is 1.87 bits per heavy atom. The highest BCUT2D eigenvalue weighted by Crippen LogP contribution is 2.35. The van der Waals surface area contributed by atoms with Crippen molar-refractivity contribution in [2.75, 3.05) is 6.26 Å². The summed E-state index contributed by atoms with van der Waals surface area (Å²) in [6.07, 6.45) is 4.18. The number of hydrogen-bond donors (Lipinski definition) is 0. The average molecular weight is 234 g/mol. The first-order valence-corrected chi connectivity index (χ1v) is 7.49. The van der Waals surface area contributed by atoms with Gasteiger partial charge < -0.3 is 0 Å². The van der Waals surface area contributed by atoms with Crippen LogP contribution in [0.15, 0.2) is 0 Å². The summed E-state index contributed by atoms with van der Waals surface area (Å²) in [6.45, 7) is 6.44. The third-order valence-corrected chi connectivity index (χ3v) is 3.86. The third kappa shape index (κ3) is 4.11. The molecule has 3 atom stereocenters.